The van der Waals surface area contributed by atoms with E-state index in [4.69, 9.17) is 0 Å². The van der Waals surface area contributed by atoms with E-state index in [1.807, 2.05) is 0 Å². The van der Waals surface area contributed by atoms with Crippen molar-refractivity contribution in [3.05, 3.63) is 63.2 Å². The molecule has 2 aromatic carbocycles. The van der Waals surface area contributed by atoms with E-state index in [1.54, 1.807) is 44.1 Å². The molecule has 8 heteroatoms. The van der Waals surface area contributed by atoms with Gasteiger partial charge in [-0.05, 0) is 36.8 Å². The van der Waals surface area contributed by atoms with Crippen LogP contribution in [0.3, 0.4) is 0 Å². The van der Waals surface area contributed by atoms with E-state index in [0.29, 0.717) is 22.5 Å². The quantitative estimate of drug-likeness (QED) is 0.633. The lowest BCUT2D eigenvalue weighted by atomic mass is 10.1. The molecule has 0 radical (unpaired) electrons. The summed E-state index contributed by atoms with van der Waals surface area (Å²) >= 11 is 0. The highest BCUT2D eigenvalue weighted by Gasteiger charge is 2.19. The molecule has 8 nitrogen and oxygen atoms in total. The number of carbonyl (C=O) groups excluding carboxylic acids is 2. The first-order valence-corrected chi connectivity index (χ1v) is 7.85. The minimum atomic E-state index is -0.524. The Morgan fingerprint density at radius 3 is 2.38 bits per heavy atom. The van der Waals surface area contributed by atoms with Gasteiger partial charge in [0.05, 0.1) is 4.92 Å². The molecular weight excluding hydrogens is 336 g/mol. The lowest BCUT2D eigenvalue weighted by Crippen LogP contribution is -2.20. The molecular formula is C18H20N4O4. The number of benzene rings is 2. The van der Waals surface area contributed by atoms with Crippen molar-refractivity contribution < 1.29 is 14.5 Å². The zero-order valence-electron chi connectivity index (χ0n) is 15.0. The van der Waals surface area contributed by atoms with Crippen LogP contribution in [0.4, 0.5) is 17.1 Å². The van der Waals surface area contributed by atoms with Crippen LogP contribution in [-0.2, 0) is 0 Å². The van der Waals surface area contributed by atoms with Crippen molar-refractivity contribution >= 4 is 28.9 Å². The maximum atomic E-state index is 12.5. The Morgan fingerprint density at radius 2 is 1.81 bits per heavy atom. The molecule has 2 aromatic rings. The lowest BCUT2D eigenvalue weighted by Gasteiger charge is -2.14. The average molecular weight is 356 g/mol. The molecule has 0 aliphatic carbocycles. The average Bonchev–Trinajstić information content (AvgIpc) is 2.62. The molecule has 0 bridgehead atoms. The zero-order chi connectivity index (χ0) is 19.4. The molecule has 0 aliphatic rings. The summed E-state index contributed by atoms with van der Waals surface area (Å²) in [6.45, 7) is 1.72. The molecule has 0 saturated heterocycles. The summed E-state index contributed by atoms with van der Waals surface area (Å²) in [5.74, 6) is -0.750. The Labute approximate surface area is 151 Å². The normalized spacial score (nSPS) is 10.2. The molecule has 0 spiro atoms. The summed E-state index contributed by atoms with van der Waals surface area (Å²) in [5.41, 5.74) is 1.93. The summed E-state index contributed by atoms with van der Waals surface area (Å²) in [4.78, 5) is 36.7. The van der Waals surface area contributed by atoms with E-state index < -0.39 is 10.8 Å². The van der Waals surface area contributed by atoms with Gasteiger partial charge in [0.1, 0.15) is 5.69 Å². The van der Waals surface area contributed by atoms with Crippen molar-refractivity contribution in [3.63, 3.8) is 0 Å². The molecule has 2 rings (SSSR count). The molecule has 0 saturated carbocycles. The summed E-state index contributed by atoms with van der Waals surface area (Å²) in [5, 5.41) is 16.5. The van der Waals surface area contributed by atoms with Gasteiger partial charge in [-0.2, -0.15) is 0 Å². The number of hydrogen-bond acceptors (Lipinski definition) is 5. The van der Waals surface area contributed by atoms with Crippen molar-refractivity contribution in [1.29, 1.82) is 0 Å². The van der Waals surface area contributed by atoms with E-state index >= 15 is 0 Å². The van der Waals surface area contributed by atoms with Crippen LogP contribution < -0.4 is 15.5 Å². The van der Waals surface area contributed by atoms with E-state index in [1.165, 1.54) is 25.2 Å². The third-order valence-electron chi connectivity index (χ3n) is 3.97. The molecule has 0 aromatic heterocycles. The fourth-order valence-electron chi connectivity index (χ4n) is 2.54. The molecule has 26 heavy (non-hydrogen) atoms. The SMILES string of the molecule is CNC(=O)c1cccc(NC(=O)c2ccc(N(C)C)c([N+](=O)[O-])c2)c1C. The van der Waals surface area contributed by atoms with Gasteiger partial charge in [0.15, 0.2) is 0 Å². The Morgan fingerprint density at radius 1 is 1.12 bits per heavy atom. The third-order valence-corrected chi connectivity index (χ3v) is 3.97. The number of nitro groups is 1. The second-order valence-electron chi connectivity index (χ2n) is 5.87. The van der Waals surface area contributed by atoms with Crippen LogP contribution in [0.5, 0.6) is 0 Å². The summed E-state index contributed by atoms with van der Waals surface area (Å²) in [6.07, 6.45) is 0. The van der Waals surface area contributed by atoms with Crippen molar-refractivity contribution in [2.75, 3.05) is 31.4 Å². The van der Waals surface area contributed by atoms with Gasteiger partial charge in [0, 0.05) is 44.0 Å². The molecule has 136 valence electrons. The van der Waals surface area contributed by atoms with Gasteiger partial charge in [0.25, 0.3) is 17.5 Å². The van der Waals surface area contributed by atoms with Crippen molar-refractivity contribution in [1.82, 2.24) is 5.32 Å². The van der Waals surface area contributed by atoms with Crippen LogP contribution in [0, 0.1) is 17.0 Å². The highest BCUT2D eigenvalue weighted by molar-refractivity contribution is 6.06. The van der Waals surface area contributed by atoms with Gasteiger partial charge < -0.3 is 15.5 Å². The maximum Gasteiger partial charge on any atom is 0.293 e. The van der Waals surface area contributed by atoms with Gasteiger partial charge in [-0.15, -0.1) is 0 Å². The first-order valence-electron chi connectivity index (χ1n) is 7.85. The number of nitro benzene ring substituents is 1. The minimum absolute atomic E-state index is 0.154. The number of nitrogens with zero attached hydrogens (tertiary/aromatic N) is 2. The Kier molecular flexibility index (Phi) is 5.56. The topological polar surface area (TPSA) is 105 Å². The van der Waals surface area contributed by atoms with E-state index in [2.05, 4.69) is 10.6 Å². The van der Waals surface area contributed by atoms with Crippen molar-refractivity contribution in [2.24, 2.45) is 0 Å². The highest BCUT2D eigenvalue weighted by Crippen LogP contribution is 2.28. The predicted molar refractivity (Wildman–Crippen MR) is 99.9 cm³/mol. The number of amides is 2. The van der Waals surface area contributed by atoms with Gasteiger partial charge in [-0.3, -0.25) is 19.7 Å². The third kappa shape index (κ3) is 3.80. The number of anilines is 2. The first-order chi connectivity index (χ1) is 12.3. The van der Waals surface area contributed by atoms with E-state index in [0.717, 1.165) is 0 Å². The number of hydrogen-bond donors (Lipinski definition) is 2. The number of carbonyl (C=O) groups is 2. The molecule has 2 amide bonds. The molecule has 2 N–H and O–H groups in total. The zero-order valence-corrected chi connectivity index (χ0v) is 15.0. The summed E-state index contributed by atoms with van der Waals surface area (Å²) in [7, 11) is 4.91. The number of rotatable bonds is 5. The largest absolute Gasteiger partial charge is 0.372 e. The van der Waals surface area contributed by atoms with Crippen molar-refractivity contribution in [2.45, 2.75) is 6.92 Å². The fraction of sp³-hybridized carbons (Fsp3) is 0.222. The maximum absolute atomic E-state index is 12.5. The van der Waals surface area contributed by atoms with Crippen LogP contribution in [0.1, 0.15) is 26.3 Å². The molecule has 0 atom stereocenters. The Hall–Kier alpha value is -3.42. The van der Waals surface area contributed by atoms with Crippen LogP contribution in [-0.4, -0.2) is 37.9 Å². The first kappa shape index (κ1) is 18.9. The van der Waals surface area contributed by atoms with Crippen LogP contribution in [0.15, 0.2) is 36.4 Å². The van der Waals surface area contributed by atoms with Crippen LogP contribution >= 0.6 is 0 Å². The smallest absolute Gasteiger partial charge is 0.293 e. The minimum Gasteiger partial charge on any atom is -0.372 e. The molecule has 0 fully saturated rings. The van der Waals surface area contributed by atoms with Gasteiger partial charge in [-0.25, -0.2) is 0 Å². The summed E-state index contributed by atoms with van der Waals surface area (Å²) in [6, 6.07) is 9.27. The van der Waals surface area contributed by atoms with Crippen LogP contribution in [0.25, 0.3) is 0 Å². The standard InChI is InChI=1S/C18H20N4O4/c1-11-13(18(24)19-2)6-5-7-14(11)20-17(23)12-8-9-15(21(3)4)16(10-12)22(25)26/h5-10H,1-4H3,(H,19,24)(H,20,23). The van der Waals surface area contributed by atoms with Crippen LogP contribution in [0.2, 0.25) is 0 Å². The predicted octanol–water partition coefficient (Wildman–Crippen LogP) is 2.58. The lowest BCUT2D eigenvalue weighted by molar-refractivity contribution is -0.384. The second kappa shape index (κ2) is 7.64. The molecule has 0 heterocycles. The highest BCUT2D eigenvalue weighted by atomic mass is 16.6. The van der Waals surface area contributed by atoms with Gasteiger partial charge >= 0.3 is 0 Å². The Bertz CT molecular complexity index is 877. The number of nitrogens with one attached hydrogen (secondary N) is 2. The van der Waals surface area contributed by atoms with Crippen molar-refractivity contribution in [3.8, 4) is 0 Å². The summed E-state index contributed by atoms with van der Waals surface area (Å²) < 4.78 is 0. The monoisotopic (exact) mass is 356 g/mol. The van der Waals surface area contributed by atoms with Gasteiger partial charge in [-0.1, -0.05) is 6.07 Å². The van der Waals surface area contributed by atoms with E-state index in [-0.39, 0.29) is 17.2 Å². The molecule has 0 aliphatic heterocycles. The second-order valence-corrected chi connectivity index (χ2v) is 5.87. The molecule has 0 unspecified atom stereocenters. The van der Waals surface area contributed by atoms with Gasteiger partial charge in [0.2, 0.25) is 0 Å². The Balaban J connectivity index is 2.35. The fourth-order valence-corrected chi connectivity index (χ4v) is 2.54. The van der Waals surface area contributed by atoms with E-state index in [9.17, 15) is 19.7 Å².